The van der Waals surface area contributed by atoms with Crippen molar-refractivity contribution in [3.63, 3.8) is 0 Å². The first-order valence-corrected chi connectivity index (χ1v) is 10.0. The van der Waals surface area contributed by atoms with Crippen LogP contribution in [-0.4, -0.2) is 49.6 Å². The number of nitrogens with zero attached hydrogens (tertiary/aromatic N) is 2. The fourth-order valence-electron chi connectivity index (χ4n) is 3.25. The predicted octanol–water partition coefficient (Wildman–Crippen LogP) is 3.71. The summed E-state index contributed by atoms with van der Waals surface area (Å²) >= 11 is 0. The maximum absolute atomic E-state index is 13.7. The second-order valence-electron chi connectivity index (χ2n) is 7.04. The summed E-state index contributed by atoms with van der Waals surface area (Å²) in [6, 6.07) is 13.4. The molecule has 154 valence electrons. The molecule has 2 aromatic rings. The molecule has 0 saturated carbocycles. The Bertz CT molecular complexity index is 833. The molecule has 2 aromatic carbocycles. The third kappa shape index (κ3) is 5.47. The summed E-state index contributed by atoms with van der Waals surface area (Å²) in [7, 11) is 0. The molecule has 2 N–H and O–H groups in total. The van der Waals surface area contributed by atoms with Crippen LogP contribution in [0.15, 0.2) is 48.5 Å². The molecule has 0 unspecified atom stereocenters. The number of urea groups is 1. The van der Waals surface area contributed by atoms with E-state index in [1.165, 1.54) is 12.1 Å². The zero-order valence-electron chi connectivity index (χ0n) is 16.7. The van der Waals surface area contributed by atoms with Crippen molar-refractivity contribution in [2.45, 2.75) is 19.8 Å². The molecule has 0 spiro atoms. The molecule has 0 aliphatic carbocycles. The van der Waals surface area contributed by atoms with E-state index in [-0.39, 0.29) is 11.6 Å². The molecule has 0 radical (unpaired) electrons. The van der Waals surface area contributed by atoms with Crippen molar-refractivity contribution < 1.29 is 14.0 Å². The number of hydrogen-bond acceptors (Lipinski definition) is 3. The summed E-state index contributed by atoms with van der Waals surface area (Å²) in [6.07, 6.45) is 2.05. The molecule has 1 aliphatic rings. The van der Waals surface area contributed by atoms with Crippen LogP contribution in [0.1, 0.15) is 30.1 Å². The maximum atomic E-state index is 13.7. The Labute approximate surface area is 170 Å². The van der Waals surface area contributed by atoms with Crippen LogP contribution >= 0.6 is 0 Å². The highest BCUT2D eigenvalue weighted by Crippen LogP contribution is 2.20. The topological polar surface area (TPSA) is 64.7 Å². The molecule has 0 atom stereocenters. The number of hydrogen-bond donors (Lipinski definition) is 2. The molecule has 1 aliphatic heterocycles. The molecule has 1 saturated heterocycles. The standard InChI is InChI=1S/C22H27FN4O2/c1-2-3-12-24-22(29)27-15-13-26(14-16-27)18-10-8-17(9-11-18)25-21(28)19-6-4-5-7-20(19)23/h4-11H,2-3,12-16H2,1H3,(H,24,29)(H,25,28). The molecule has 1 fully saturated rings. The monoisotopic (exact) mass is 398 g/mol. The minimum atomic E-state index is -0.543. The number of carbonyl (C=O) groups excluding carboxylic acids is 2. The number of nitrogens with one attached hydrogen (secondary N) is 2. The Balaban J connectivity index is 1.51. The lowest BCUT2D eigenvalue weighted by atomic mass is 10.2. The first-order chi connectivity index (χ1) is 14.1. The third-order valence-electron chi connectivity index (χ3n) is 4.98. The van der Waals surface area contributed by atoms with Crippen LogP contribution in [0.2, 0.25) is 0 Å². The van der Waals surface area contributed by atoms with Crippen molar-refractivity contribution in [2.24, 2.45) is 0 Å². The van der Waals surface area contributed by atoms with E-state index < -0.39 is 11.7 Å². The largest absolute Gasteiger partial charge is 0.368 e. The zero-order valence-corrected chi connectivity index (χ0v) is 16.7. The van der Waals surface area contributed by atoms with Crippen molar-refractivity contribution in [3.8, 4) is 0 Å². The van der Waals surface area contributed by atoms with Gasteiger partial charge in [0.15, 0.2) is 0 Å². The molecule has 29 heavy (non-hydrogen) atoms. The van der Waals surface area contributed by atoms with Crippen molar-refractivity contribution in [2.75, 3.05) is 42.9 Å². The first kappa shape index (κ1) is 20.6. The van der Waals surface area contributed by atoms with E-state index in [4.69, 9.17) is 0 Å². The highest BCUT2D eigenvalue weighted by molar-refractivity contribution is 6.04. The van der Waals surface area contributed by atoms with Gasteiger partial charge in [0, 0.05) is 44.1 Å². The minimum Gasteiger partial charge on any atom is -0.368 e. The number of anilines is 2. The Morgan fingerprint density at radius 3 is 2.34 bits per heavy atom. The molecular formula is C22H27FN4O2. The number of unbranched alkanes of at least 4 members (excludes halogenated alkanes) is 1. The van der Waals surface area contributed by atoms with Crippen molar-refractivity contribution in [1.82, 2.24) is 10.2 Å². The molecule has 0 bridgehead atoms. The summed E-state index contributed by atoms with van der Waals surface area (Å²) in [5, 5.41) is 5.67. The molecule has 3 rings (SSSR count). The van der Waals surface area contributed by atoms with Gasteiger partial charge in [-0.25, -0.2) is 9.18 Å². The number of halogens is 1. The van der Waals surface area contributed by atoms with Gasteiger partial charge in [0.2, 0.25) is 0 Å². The lowest BCUT2D eigenvalue weighted by Gasteiger charge is -2.36. The van der Waals surface area contributed by atoms with E-state index in [1.54, 1.807) is 24.3 Å². The van der Waals surface area contributed by atoms with Crippen LogP contribution in [0, 0.1) is 5.82 Å². The van der Waals surface area contributed by atoms with Gasteiger partial charge in [0.05, 0.1) is 5.56 Å². The average molecular weight is 398 g/mol. The lowest BCUT2D eigenvalue weighted by Crippen LogP contribution is -2.52. The van der Waals surface area contributed by atoms with E-state index in [2.05, 4.69) is 22.5 Å². The molecule has 3 amide bonds. The Kier molecular flexibility index (Phi) is 7.05. The second kappa shape index (κ2) is 9.91. The molecule has 0 aromatic heterocycles. The fourth-order valence-corrected chi connectivity index (χ4v) is 3.25. The molecule has 6 nitrogen and oxygen atoms in total. The van der Waals surface area contributed by atoms with Gasteiger partial charge in [-0.05, 0) is 42.8 Å². The Hall–Kier alpha value is -3.09. The van der Waals surface area contributed by atoms with E-state index >= 15 is 0 Å². The van der Waals surface area contributed by atoms with Crippen molar-refractivity contribution in [3.05, 3.63) is 59.9 Å². The minimum absolute atomic E-state index is 0.00399. The normalized spacial score (nSPS) is 13.9. The smallest absolute Gasteiger partial charge is 0.317 e. The van der Waals surface area contributed by atoms with Gasteiger partial charge in [0.25, 0.3) is 5.91 Å². The third-order valence-corrected chi connectivity index (χ3v) is 4.98. The van der Waals surface area contributed by atoms with Crippen molar-refractivity contribution in [1.29, 1.82) is 0 Å². The van der Waals surface area contributed by atoms with Crippen LogP contribution in [0.5, 0.6) is 0 Å². The van der Waals surface area contributed by atoms with E-state index in [0.717, 1.165) is 38.2 Å². The van der Waals surface area contributed by atoms with Gasteiger partial charge < -0.3 is 20.4 Å². The molecule has 7 heteroatoms. The highest BCUT2D eigenvalue weighted by Gasteiger charge is 2.21. The zero-order chi connectivity index (χ0) is 20.6. The fraction of sp³-hybridized carbons (Fsp3) is 0.364. The van der Waals surface area contributed by atoms with Crippen LogP contribution in [0.25, 0.3) is 0 Å². The van der Waals surface area contributed by atoms with Gasteiger partial charge in [-0.2, -0.15) is 0 Å². The average Bonchev–Trinajstić information content (AvgIpc) is 2.75. The quantitative estimate of drug-likeness (QED) is 0.729. The second-order valence-corrected chi connectivity index (χ2v) is 7.04. The maximum Gasteiger partial charge on any atom is 0.317 e. The summed E-state index contributed by atoms with van der Waals surface area (Å²) < 4.78 is 13.7. The van der Waals surface area contributed by atoms with E-state index in [0.29, 0.717) is 18.8 Å². The Morgan fingerprint density at radius 2 is 1.69 bits per heavy atom. The molecular weight excluding hydrogens is 371 g/mol. The summed E-state index contributed by atoms with van der Waals surface area (Å²) in [5.41, 5.74) is 1.65. The van der Waals surface area contributed by atoms with Crippen molar-refractivity contribution >= 4 is 23.3 Å². The number of rotatable bonds is 6. The number of carbonyl (C=O) groups is 2. The highest BCUT2D eigenvalue weighted by atomic mass is 19.1. The predicted molar refractivity (Wildman–Crippen MR) is 113 cm³/mol. The number of benzene rings is 2. The summed E-state index contributed by atoms with van der Waals surface area (Å²) in [6.45, 7) is 5.66. The SMILES string of the molecule is CCCCNC(=O)N1CCN(c2ccc(NC(=O)c3ccccc3F)cc2)CC1. The van der Waals surface area contributed by atoms with Gasteiger partial charge >= 0.3 is 6.03 Å². The number of piperazine rings is 1. The van der Waals surface area contributed by atoms with Crippen LogP contribution in [0.3, 0.4) is 0 Å². The summed E-state index contributed by atoms with van der Waals surface area (Å²) in [4.78, 5) is 28.4. The van der Waals surface area contributed by atoms with Crippen LogP contribution in [0.4, 0.5) is 20.6 Å². The Morgan fingerprint density at radius 1 is 1.00 bits per heavy atom. The van der Waals surface area contributed by atoms with Gasteiger partial charge in [-0.15, -0.1) is 0 Å². The van der Waals surface area contributed by atoms with Crippen LogP contribution in [-0.2, 0) is 0 Å². The van der Waals surface area contributed by atoms with E-state index in [1.807, 2.05) is 17.0 Å². The molecule has 1 heterocycles. The first-order valence-electron chi connectivity index (χ1n) is 10.0. The lowest BCUT2D eigenvalue weighted by molar-refractivity contribution is 0.102. The summed E-state index contributed by atoms with van der Waals surface area (Å²) in [5.74, 6) is -1.02. The van der Waals surface area contributed by atoms with Gasteiger partial charge in [-0.3, -0.25) is 4.79 Å². The van der Waals surface area contributed by atoms with E-state index in [9.17, 15) is 14.0 Å². The van der Waals surface area contributed by atoms with Gasteiger partial charge in [-0.1, -0.05) is 25.5 Å². The van der Waals surface area contributed by atoms with Gasteiger partial charge in [0.1, 0.15) is 5.82 Å². The van der Waals surface area contributed by atoms with Crippen LogP contribution < -0.4 is 15.5 Å². The number of amides is 3.